The number of hydrogen-bond acceptors (Lipinski definition) is 2. The lowest BCUT2D eigenvalue weighted by Crippen LogP contribution is -2.34. The van der Waals surface area contributed by atoms with E-state index in [9.17, 15) is 4.79 Å². The normalized spacial score (nSPS) is 12.7. The highest BCUT2D eigenvalue weighted by molar-refractivity contribution is 9.09. The molecule has 3 nitrogen and oxygen atoms in total. The predicted molar refractivity (Wildman–Crippen MR) is 43.1 cm³/mol. The molecule has 1 unspecified atom stereocenters. The third kappa shape index (κ3) is 4.76. The molecule has 60 valence electrons. The van der Waals surface area contributed by atoms with Gasteiger partial charge in [-0.25, -0.2) is 0 Å². The SMILES string of the molecule is CC(CO)NC(=O)CCBr. The summed E-state index contributed by atoms with van der Waals surface area (Å²) < 4.78 is 0. The lowest BCUT2D eigenvalue weighted by molar-refractivity contribution is -0.121. The molecule has 0 aromatic carbocycles. The summed E-state index contributed by atoms with van der Waals surface area (Å²) in [6.45, 7) is 1.75. The zero-order valence-electron chi connectivity index (χ0n) is 5.93. The van der Waals surface area contributed by atoms with E-state index >= 15 is 0 Å². The molecule has 4 heteroatoms. The van der Waals surface area contributed by atoms with Gasteiger partial charge in [0, 0.05) is 17.8 Å². The molecule has 10 heavy (non-hydrogen) atoms. The molecular weight excluding hydrogens is 198 g/mol. The Kier molecular flexibility index (Phi) is 5.63. The first-order valence-corrected chi connectivity index (χ1v) is 4.29. The largest absolute Gasteiger partial charge is 0.394 e. The maximum Gasteiger partial charge on any atom is 0.221 e. The Balaban J connectivity index is 3.37. The fourth-order valence-corrected chi connectivity index (χ4v) is 0.839. The average molecular weight is 210 g/mol. The predicted octanol–water partition coefficient (Wildman–Crippen LogP) is 0.268. The number of carbonyl (C=O) groups is 1. The molecule has 0 aliphatic carbocycles. The van der Waals surface area contributed by atoms with Gasteiger partial charge in [0.2, 0.25) is 5.91 Å². The van der Waals surface area contributed by atoms with E-state index < -0.39 is 0 Å². The summed E-state index contributed by atoms with van der Waals surface area (Å²) in [6.07, 6.45) is 0.463. The second-order valence-corrected chi connectivity index (χ2v) is 2.88. The number of carbonyl (C=O) groups excluding carboxylic acids is 1. The molecule has 0 radical (unpaired) electrons. The Bertz CT molecular complexity index is 108. The molecule has 0 fully saturated rings. The van der Waals surface area contributed by atoms with Crippen LogP contribution < -0.4 is 5.32 Å². The van der Waals surface area contributed by atoms with Crippen molar-refractivity contribution in [2.45, 2.75) is 19.4 Å². The van der Waals surface area contributed by atoms with Gasteiger partial charge in [-0.3, -0.25) is 4.79 Å². The van der Waals surface area contributed by atoms with Crippen LogP contribution in [0.1, 0.15) is 13.3 Å². The highest BCUT2D eigenvalue weighted by Gasteiger charge is 2.03. The Morgan fingerprint density at radius 3 is 2.80 bits per heavy atom. The molecule has 0 rings (SSSR count). The van der Waals surface area contributed by atoms with Crippen LogP contribution >= 0.6 is 15.9 Å². The van der Waals surface area contributed by atoms with Gasteiger partial charge in [0.15, 0.2) is 0 Å². The first-order chi connectivity index (χ1) is 4.70. The smallest absolute Gasteiger partial charge is 0.221 e. The minimum atomic E-state index is -0.133. The summed E-state index contributed by atoms with van der Waals surface area (Å²) in [5.41, 5.74) is 0. The van der Waals surface area contributed by atoms with Crippen molar-refractivity contribution >= 4 is 21.8 Å². The van der Waals surface area contributed by atoms with E-state index in [1.165, 1.54) is 0 Å². The lowest BCUT2D eigenvalue weighted by Gasteiger charge is -2.08. The second-order valence-electron chi connectivity index (χ2n) is 2.09. The average Bonchev–Trinajstić information content (AvgIpc) is 1.88. The molecular formula is C6H12BrNO2. The van der Waals surface area contributed by atoms with Crippen LogP contribution in [0.25, 0.3) is 0 Å². The van der Waals surface area contributed by atoms with Crippen molar-refractivity contribution < 1.29 is 9.90 Å². The van der Waals surface area contributed by atoms with E-state index in [1.54, 1.807) is 6.92 Å². The van der Waals surface area contributed by atoms with Crippen molar-refractivity contribution in [1.29, 1.82) is 0 Å². The topological polar surface area (TPSA) is 49.3 Å². The maximum absolute atomic E-state index is 10.8. The Labute approximate surface area is 68.9 Å². The van der Waals surface area contributed by atoms with Crippen molar-refractivity contribution in [1.82, 2.24) is 5.32 Å². The third-order valence-corrected chi connectivity index (χ3v) is 1.40. The van der Waals surface area contributed by atoms with Crippen molar-refractivity contribution in [2.75, 3.05) is 11.9 Å². The summed E-state index contributed by atoms with van der Waals surface area (Å²) >= 11 is 3.14. The van der Waals surface area contributed by atoms with Crippen LogP contribution in [0.5, 0.6) is 0 Å². The van der Waals surface area contributed by atoms with Gasteiger partial charge >= 0.3 is 0 Å². The van der Waals surface area contributed by atoms with Gasteiger partial charge < -0.3 is 10.4 Å². The van der Waals surface area contributed by atoms with Gasteiger partial charge in [-0.15, -0.1) is 0 Å². The van der Waals surface area contributed by atoms with Gasteiger partial charge in [0.1, 0.15) is 0 Å². The minimum absolute atomic E-state index is 0.00593. The summed E-state index contributed by atoms with van der Waals surface area (Å²) in [7, 11) is 0. The summed E-state index contributed by atoms with van der Waals surface area (Å²) in [6, 6.07) is -0.133. The molecule has 0 aliphatic heterocycles. The zero-order chi connectivity index (χ0) is 7.98. The number of halogens is 1. The number of aliphatic hydroxyl groups is 1. The molecule has 0 heterocycles. The number of amides is 1. The zero-order valence-corrected chi connectivity index (χ0v) is 7.52. The van der Waals surface area contributed by atoms with Gasteiger partial charge in [-0.2, -0.15) is 0 Å². The van der Waals surface area contributed by atoms with Gasteiger partial charge in [-0.1, -0.05) is 15.9 Å². The number of rotatable bonds is 4. The van der Waals surface area contributed by atoms with E-state index in [2.05, 4.69) is 21.2 Å². The number of nitrogens with one attached hydrogen (secondary N) is 1. The standard InChI is InChI=1S/C6H12BrNO2/c1-5(4-9)8-6(10)2-3-7/h5,9H,2-4H2,1H3,(H,8,10). The highest BCUT2D eigenvalue weighted by Crippen LogP contribution is 1.88. The van der Waals surface area contributed by atoms with Gasteiger partial charge in [0.05, 0.1) is 6.61 Å². The summed E-state index contributed by atoms with van der Waals surface area (Å²) in [5, 5.41) is 11.8. The van der Waals surface area contributed by atoms with Crippen molar-refractivity contribution in [3.05, 3.63) is 0 Å². The Morgan fingerprint density at radius 1 is 1.80 bits per heavy atom. The van der Waals surface area contributed by atoms with Gasteiger partial charge in [0.25, 0.3) is 0 Å². The summed E-state index contributed by atoms with van der Waals surface area (Å²) in [5.74, 6) is -0.0292. The van der Waals surface area contributed by atoms with Crippen LogP contribution in [0.4, 0.5) is 0 Å². The van der Waals surface area contributed by atoms with Gasteiger partial charge in [-0.05, 0) is 6.92 Å². The molecule has 0 aromatic rings. The molecule has 0 spiro atoms. The van der Waals surface area contributed by atoms with E-state index in [-0.39, 0.29) is 18.6 Å². The maximum atomic E-state index is 10.8. The second kappa shape index (κ2) is 5.68. The third-order valence-electron chi connectivity index (χ3n) is 1.00. The van der Waals surface area contributed by atoms with E-state index in [0.717, 1.165) is 0 Å². The first kappa shape index (κ1) is 9.91. The molecule has 0 aliphatic rings. The lowest BCUT2D eigenvalue weighted by atomic mass is 10.3. The van der Waals surface area contributed by atoms with Crippen molar-refractivity contribution in [3.63, 3.8) is 0 Å². The van der Waals surface area contributed by atoms with Crippen LogP contribution in [-0.2, 0) is 4.79 Å². The fourth-order valence-electron chi connectivity index (χ4n) is 0.478. The Morgan fingerprint density at radius 2 is 2.40 bits per heavy atom. The minimum Gasteiger partial charge on any atom is -0.394 e. The Hall–Kier alpha value is -0.0900. The van der Waals surface area contributed by atoms with E-state index in [0.29, 0.717) is 11.8 Å². The molecule has 0 aromatic heterocycles. The molecule has 0 bridgehead atoms. The van der Waals surface area contributed by atoms with Crippen molar-refractivity contribution in [2.24, 2.45) is 0 Å². The van der Waals surface area contributed by atoms with Crippen molar-refractivity contribution in [3.8, 4) is 0 Å². The van der Waals surface area contributed by atoms with E-state index in [4.69, 9.17) is 5.11 Å². The number of aliphatic hydroxyl groups excluding tert-OH is 1. The monoisotopic (exact) mass is 209 g/mol. The van der Waals surface area contributed by atoms with Crippen LogP contribution in [-0.4, -0.2) is 29.0 Å². The quantitative estimate of drug-likeness (QED) is 0.654. The number of alkyl halides is 1. The number of hydrogen-bond donors (Lipinski definition) is 2. The molecule has 0 saturated carbocycles. The summed E-state index contributed by atoms with van der Waals surface area (Å²) in [4.78, 5) is 10.8. The highest BCUT2D eigenvalue weighted by atomic mass is 79.9. The fraction of sp³-hybridized carbons (Fsp3) is 0.833. The molecule has 2 N–H and O–H groups in total. The van der Waals surface area contributed by atoms with Crippen LogP contribution in [0, 0.1) is 0 Å². The van der Waals surface area contributed by atoms with Crippen LogP contribution in [0.15, 0.2) is 0 Å². The van der Waals surface area contributed by atoms with Crippen LogP contribution in [0.3, 0.4) is 0 Å². The van der Waals surface area contributed by atoms with Crippen LogP contribution in [0.2, 0.25) is 0 Å². The van der Waals surface area contributed by atoms with E-state index in [1.807, 2.05) is 0 Å². The first-order valence-electron chi connectivity index (χ1n) is 3.17. The molecule has 0 saturated heterocycles. The molecule has 1 amide bonds. The molecule has 1 atom stereocenters.